The van der Waals surface area contributed by atoms with E-state index in [0.717, 1.165) is 23.4 Å². The SMILES string of the molecule is CC(C)c1ccccc1NC(=O)N1CCC2(CC1)CC(c1ccc(C(F)(F)F)cc1)=NO2. The standard InChI is InChI=1S/C24H26F3N3O2/c1-16(2)19-5-3-4-6-20(19)28-22(31)30-13-11-23(12-14-30)15-21(29-32-23)17-7-9-18(10-8-17)24(25,26)27/h3-10,16H,11-15H2,1-2H3,(H,28,31). The fraction of sp³-hybridized carbons (Fsp3) is 0.417. The second kappa shape index (κ2) is 8.48. The molecule has 2 heterocycles. The van der Waals surface area contributed by atoms with Gasteiger partial charge in [0.05, 0.1) is 11.3 Å². The Balaban J connectivity index is 1.35. The first-order valence-corrected chi connectivity index (χ1v) is 10.7. The Morgan fingerprint density at radius 2 is 1.75 bits per heavy atom. The quantitative estimate of drug-likeness (QED) is 0.628. The van der Waals surface area contributed by atoms with Gasteiger partial charge in [-0.2, -0.15) is 13.2 Å². The van der Waals surface area contributed by atoms with Crippen LogP contribution in [0.25, 0.3) is 0 Å². The number of piperidine rings is 1. The van der Waals surface area contributed by atoms with E-state index < -0.39 is 17.3 Å². The number of likely N-dealkylation sites (tertiary alicyclic amines) is 1. The van der Waals surface area contributed by atoms with Crippen molar-refractivity contribution in [3.05, 3.63) is 65.2 Å². The van der Waals surface area contributed by atoms with Gasteiger partial charge in [0.25, 0.3) is 0 Å². The highest BCUT2D eigenvalue weighted by Crippen LogP contribution is 2.37. The van der Waals surface area contributed by atoms with Crippen LogP contribution in [0.4, 0.5) is 23.7 Å². The zero-order chi connectivity index (χ0) is 22.9. The van der Waals surface area contributed by atoms with Gasteiger partial charge in [-0.15, -0.1) is 0 Å². The van der Waals surface area contributed by atoms with Gasteiger partial charge in [0.1, 0.15) is 5.60 Å². The molecule has 0 saturated carbocycles. The number of oxime groups is 1. The van der Waals surface area contributed by atoms with Gasteiger partial charge in [0.15, 0.2) is 0 Å². The first kappa shape index (κ1) is 22.2. The normalized spacial score (nSPS) is 17.9. The summed E-state index contributed by atoms with van der Waals surface area (Å²) in [7, 11) is 0. The van der Waals surface area contributed by atoms with Gasteiger partial charge in [-0.3, -0.25) is 0 Å². The molecular formula is C24H26F3N3O2. The predicted molar refractivity (Wildman–Crippen MR) is 117 cm³/mol. The van der Waals surface area contributed by atoms with Crippen LogP contribution in [0, 0.1) is 0 Å². The molecule has 1 N–H and O–H groups in total. The molecule has 1 fully saturated rings. The summed E-state index contributed by atoms with van der Waals surface area (Å²) in [6.45, 7) is 5.21. The number of alkyl halides is 3. The molecule has 2 amide bonds. The van der Waals surface area contributed by atoms with E-state index in [0.29, 0.717) is 49.5 Å². The fourth-order valence-electron chi connectivity index (χ4n) is 4.22. The van der Waals surface area contributed by atoms with E-state index >= 15 is 0 Å². The monoisotopic (exact) mass is 445 g/mol. The van der Waals surface area contributed by atoms with Crippen LogP contribution in [0.5, 0.6) is 0 Å². The highest BCUT2D eigenvalue weighted by atomic mass is 19.4. The molecule has 32 heavy (non-hydrogen) atoms. The second-order valence-electron chi connectivity index (χ2n) is 8.72. The molecule has 1 saturated heterocycles. The summed E-state index contributed by atoms with van der Waals surface area (Å²) in [5.74, 6) is 0.295. The summed E-state index contributed by atoms with van der Waals surface area (Å²) in [6.07, 6.45) is -2.62. The number of para-hydroxylation sites is 1. The largest absolute Gasteiger partial charge is 0.416 e. The lowest BCUT2D eigenvalue weighted by atomic mass is 9.85. The Morgan fingerprint density at radius 3 is 2.38 bits per heavy atom. The predicted octanol–water partition coefficient (Wildman–Crippen LogP) is 6.02. The number of nitrogens with zero attached hydrogens (tertiary/aromatic N) is 2. The van der Waals surface area contributed by atoms with Crippen LogP contribution in [-0.2, 0) is 11.0 Å². The van der Waals surface area contributed by atoms with Crippen LogP contribution in [0.15, 0.2) is 53.7 Å². The molecular weight excluding hydrogens is 419 g/mol. The molecule has 0 aliphatic carbocycles. The number of halogens is 3. The lowest BCUT2D eigenvalue weighted by Crippen LogP contribution is -2.48. The highest BCUT2D eigenvalue weighted by Gasteiger charge is 2.43. The minimum absolute atomic E-state index is 0.144. The lowest BCUT2D eigenvalue weighted by molar-refractivity contribution is -0.137. The minimum Gasteiger partial charge on any atom is -0.388 e. The number of nitrogens with one attached hydrogen (secondary N) is 1. The lowest BCUT2D eigenvalue weighted by Gasteiger charge is -2.37. The number of carbonyl (C=O) groups is 1. The van der Waals surface area contributed by atoms with Crippen molar-refractivity contribution in [2.24, 2.45) is 5.16 Å². The first-order chi connectivity index (χ1) is 15.2. The number of hydrogen-bond acceptors (Lipinski definition) is 3. The van der Waals surface area contributed by atoms with E-state index in [1.165, 1.54) is 12.1 Å². The third-order valence-electron chi connectivity index (χ3n) is 6.17. The number of carbonyl (C=O) groups excluding carboxylic acids is 1. The molecule has 2 aromatic rings. The van der Waals surface area contributed by atoms with Crippen LogP contribution in [0.3, 0.4) is 0 Å². The molecule has 2 aliphatic rings. The van der Waals surface area contributed by atoms with Gasteiger partial charge in [0, 0.05) is 38.0 Å². The fourth-order valence-corrected chi connectivity index (χ4v) is 4.22. The van der Waals surface area contributed by atoms with Crippen molar-refractivity contribution < 1.29 is 22.8 Å². The van der Waals surface area contributed by atoms with Gasteiger partial charge < -0.3 is 15.1 Å². The maximum atomic E-state index is 12.8. The highest BCUT2D eigenvalue weighted by molar-refractivity contribution is 6.01. The van der Waals surface area contributed by atoms with E-state index in [1.807, 2.05) is 24.3 Å². The van der Waals surface area contributed by atoms with Crippen LogP contribution in [-0.4, -0.2) is 35.3 Å². The first-order valence-electron chi connectivity index (χ1n) is 10.7. The third-order valence-corrected chi connectivity index (χ3v) is 6.17. The van der Waals surface area contributed by atoms with Crippen molar-refractivity contribution in [1.82, 2.24) is 4.90 Å². The summed E-state index contributed by atoms with van der Waals surface area (Å²) in [5, 5.41) is 7.18. The molecule has 0 radical (unpaired) electrons. The third kappa shape index (κ3) is 4.59. The molecule has 0 aromatic heterocycles. The zero-order valence-electron chi connectivity index (χ0n) is 18.1. The molecule has 0 bridgehead atoms. The summed E-state index contributed by atoms with van der Waals surface area (Å²) >= 11 is 0. The van der Waals surface area contributed by atoms with Crippen molar-refractivity contribution in [1.29, 1.82) is 0 Å². The van der Waals surface area contributed by atoms with Crippen LogP contribution < -0.4 is 5.32 Å². The van der Waals surface area contributed by atoms with Gasteiger partial charge in [-0.1, -0.05) is 49.3 Å². The molecule has 2 aromatic carbocycles. The maximum Gasteiger partial charge on any atom is 0.416 e. The number of hydrogen-bond donors (Lipinski definition) is 1. The van der Waals surface area contributed by atoms with Crippen LogP contribution in [0.1, 0.15) is 55.7 Å². The number of rotatable bonds is 3. The van der Waals surface area contributed by atoms with Crippen molar-refractivity contribution in [3.63, 3.8) is 0 Å². The Morgan fingerprint density at radius 1 is 1.09 bits per heavy atom. The van der Waals surface area contributed by atoms with Crippen LogP contribution >= 0.6 is 0 Å². The van der Waals surface area contributed by atoms with Crippen molar-refractivity contribution in [3.8, 4) is 0 Å². The summed E-state index contributed by atoms with van der Waals surface area (Å²) in [5.41, 5.74) is 1.97. The molecule has 0 unspecified atom stereocenters. The zero-order valence-corrected chi connectivity index (χ0v) is 18.1. The topological polar surface area (TPSA) is 53.9 Å². The van der Waals surface area contributed by atoms with Crippen molar-refractivity contribution in [2.45, 2.75) is 50.8 Å². The molecule has 1 spiro atoms. The van der Waals surface area contributed by atoms with E-state index in [1.54, 1.807) is 4.90 Å². The van der Waals surface area contributed by atoms with E-state index in [4.69, 9.17) is 4.84 Å². The Kier molecular flexibility index (Phi) is 5.88. The number of urea groups is 1. The molecule has 8 heteroatoms. The Labute approximate surface area is 185 Å². The van der Waals surface area contributed by atoms with Gasteiger partial charge in [0.2, 0.25) is 0 Å². The Hall–Kier alpha value is -3.03. The van der Waals surface area contributed by atoms with Gasteiger partial charge in [-0.25, -0.2) is 4.79 Å². The summed E-state index contributed by atoms with van der Waals surface area (Å²) < 4.78 is 38.4. The van der Waals surface area contributed by atoms with Crippen LogP contribution in [0.2, 0.25) is 0 Å². The molecule has 5 nitrogen and oxygen atoms in total. The maximum absolute atomic E-state index is 12.8. The average molecular weight is 445 g/mol. The van der Waals surface area contributed by atoms with E-state index in [9.17, 15) is 18.0 Å². The minimum atomic E-state index is -4.36. The second-order valence-corrected chi connectivity index (χ2v) is 8.72. The number of anilines is 1. The van der Waals surface area contributed by atoms with E-state index in [2.05, 4.69) is 24.3 Å². The average Bonchev–Trinajstić information content (AvgIpc) is 3.17. The molecule has 2 aliphatic heterocycles. The number of amides is 2. The Bertz CT molecular complexity index is 1010. The van der Waals surface area contributed by atoms with Gasteiger partial charge in [-0.05, 0) is 35.2 Å². The number of benzene rings is 2. The van der Waals surface area contributed by atoms with Gasteiger partial charge >= 0.3 is 12.2 Å². The molecule has 170 valence electrons. The van der Waals surface area contributed by atoms with E-state index in [-0.39, 0.29) is 6.03 Å². The molecule has 0 atom stereocenters. The summed E-state index contributed by atoms with van der Waals surface area (Å²) in [6, 6.07) is 12.6. The van der Waals surface area contributed by atoms with Crippen molar-refractivity contribution >= 4 is 17.4 Å². The summed E-state index contributed by atoms with van der Waals surface area (Å²) in [4.78, 5) is 20.3. The molecule has 4 rings (SSSR count). The smallest absolute Gasteiger partial charge is 0.388 e. The van der Waals surface area contributed by atoms with Crippen molar-refractivity contribution in [2.75, 3.05) is 18.4 Å².